The number of para-hydroxylation sites is 1. The van der Waals surface area contributed by atoms with Crippen LogP contribution in [0.1, 0.15) is 27.2 Å². The van der Waals surface area contributed by atoms with Crippen molar-refractivity contribution in [3.8, 4) is 11.9 Å². The molecule has 1 aromatic rings. The van der Waals surface area contributed by atoms with Gasteiger partial charge in [-0.3, -0.25) is 0 Å². The summed E-state index contributed by atoms with van der Waals surface area (Å²) in [6.07, 6.45) is 3.24. The quantitative estimate of drug-likeness (QED) is 0.735. The van der Waals surface area contributed by atoms with E-state index >= 15 is 0 Å². The molecule has 0 aliphatic carbocycles. The van der Waals surface area contributed by atoms with Crippen LogP contribution in [-0.4, -0.2) is 23.6 Å². The van der Waals surface area contributed by atoms with E-state index in [0.29, 0.717) is 12.6 Å². The highest BCUT2D eigenvalue weighted by molar-refractivity contribution is 5.21. The summed E-state index contributed by atoms with van der Waals surface area (Å²) in [5, 5.41) is 8.84. The van der Waals surface area contributed by atoms with Crippen molar-refractivity contribution in [1.29, 1.82) is 5.26 Å². The van der Waals surface area contributed by atoms with Crippen molar-refractivity contribution in [1.82, 2.24) is 4.90 Å². The highest BCUT2D eigenvalue weighted by atomic mass is 16.5. The minimum absolute atomic E-state index is 0.141. The Morgan fingerprint density at radius 1 is 1.29 bits per heavy atom. The van der Waals surface area contributed by atoms with Gasteiger partial charge in [-0.2, -0.15) is 5.26 Å². The van der Waals surface area contributed by atoms with E-state index in [1.165, 1.54) is 0 Å². The van der Waals surface area contributed by atoms with Gasteiger partial charge in [-0.25, -0.2) is 0 Å². The van der Waals surface area contributed by atoms with E-state index in [4.69, 9.17) is 10.00 Å². The van der Waals surface area contributed by atoms with Crippen LogP contribution in [-0.2, 0) is 0 Å². The fourth-order valence-corrected chi connectivity index (χ4v) is 1.90. The van der Waals surface area contributed by atoms with Crippen LogP contribution in [0.5, 0.6) is 5.75 Å². The summed E-state index contributed by atoms with van der Waals surface area (Å²) in [7, 11) is 0. The molecule has 2 atom stereocenters. The van der Waals surface area contributed by atoms with E-state index in [0.717, 1.165) is 12.2 Å². The average Bonchev–Trinajstić information content (AvgIpc) is 2.73. The largest absolute Gasteiger partial charge is 0.488 e. The zero-order chi connectivity index (χ0) is 12.7. The zero-order valence-electron chi connectivity index (χ0n) is 10.8. The molecule has 0 bridgehead atoms. The maximum absolute atomic E-state index is 8.84. The van der Waals surface area contributed by atoms with Gasteiger partial charge >= 0.3 is 0 Å². The molecule has 0 saturated carbocycles. The Labute approximate surface area is 104 Å². The van der Waals surface area contributed by atoms with Crippen LogP contribution in [0.15, 0.2) is 30.3 Å². The third kappa shape index (κ3) is 3.67. The monoisotopic (exact) mass is 232 g/mol. The number of ether oxygens (including phenoxy) is 1. The number of likely N-dealkylation sites (tertiary alicyclic amines) is 1. The SMILES string of the molecule is CC.CC1CC(Oc2ccccc2)CN1C#N. The van der Waals surface area contributed by atoms with Crippen molar-refractivity contribution in [2.75, 3.05) is 6.54 Å². The predicted molar refractivity (Wildman–Crippen MR) is 68.6 cm³/mol. The minimum Gasteiger partial charge on any atom is -0.488 e. The number of hydrogen-bond acceptors (Lipinski definition) is 3. The van der Waals surface area contributed by atoms with Crippen molar-refractivity contribution >= 4 is 0 Å². The van der Waals surface area contributed by atoms with Crippen LogP contribution >= 0.6 is 0 Å². The topological polar surface area (TPSA) is 36.3 Å². The smallest absolute Gasteiger partial charge is 0.179 e. The van der Waals surface area contributed by atoms with E-state index in [-0.39, 0.29) is 6.10 Å². The zero-order valence-corrected chi connectivity index (χ0v) is 10.8. The number of benzene rings is 1. The van der Waals surface area contributed by atoms with Gasteiger partial charge in [0.15, 0.2) is 6.19 Å². The Morgan fingerprint density at radius 2 is 1.94 bits per heavy atom. The third-order valence-corrected chi connectivity index (χ3v) is 2.71. The van der Waals surface area contributed by atoms with Crippen LogP contribution in [0.25, 0.3) is 0 Å². The van der Waals surface area contributed by atoms with Gasteiger partial charge in [0.1, 0.15) is 11.9 Å². The summed E-state index contributed by atoms with van der Waals surface area (Å²) < 4.78 is 5.78. The first kappa shape index (κ1) is 13.4. The molecule has 3 nitrogen and oxygen atoms in total. The molecule has 0 N–H and O–H groups in total. The first-order valence-corrected chi connectivity index (χ1v) is 6.17. The van der Waals surface area contributed by atoms with Gasteiger partial charge in [-0.15, -0.1) is 0 Å². The minimum atomic E-state index is 0.141. The van der Waals surface area contributed by atoms with Crippen LogP contribution in [0, 0.1) is 11.5 Å². The number of nitriles is 1. The summed E-state index contributed by atoms with van der Waals surface area (Å²) in [5.74, 6) is 0.884. The lowest BCUT2D eigenvalue weighted by atomic mass is 10.2. The Balaban J connectivity index is 0.000000686. The molecular weight excluding hydrogens is 212 g/mol. The lowest BCUT2D eigenvalue weighted by Gasteiger charge is -2.12. The number of hydrogen-bond donors (Lipinski definition) is 0. The van der Waals surface area contributed by atoms with Crippen LogP contribution in [0.3, 0.4) is 0 Å². The normalized spacial score (nSPS) is 22.4. The predicted octanol–water partition coefficient (Wildman–Crippen LogP) is 3.04. The maximum atomic E-state index is 8.84. The molecule has 1 aromatic carbocycles. The van der Waals surface area contributed by atoms with Gasteiger partial charge in [0, 0.05) is 12.5 Å². The fourth-order valence-electron chi connectivity index (χ4n) is 1.90. The Hall–Kier alpha value is -1.69. The molecule has 1 aliphatic heterocycles. The fraction of sp³-hybridized carbons (Fsp3) is 0.500. The van der Waals surface area contributed by atoms with Crippen molar-refractivity contribution < 1.29 is 4.74 Å². The molecule has 0 amide bonds. The molecule has 1 aliphatic rings. The Bertz CT molecular complexity index is 358. The van der Waals surface area contributed by atoms with Gasteiger partial charge in [-0.05, 0) is 19.1 Å². The third-order valence-electron chi connectivity index (χ3n) is 2.71. The van der Waals surface area contributed by atoms with Crippen LogP contribution in [0.4, 0.5) is 0 Å². The lowest BCUT2D eigenvalue weighted by Crippen LogP contribution is -2.23. The number of nitrogens with zero attached hydrogens (tertiary/aromatic N) is 2. The molecule has 17 heavy (non-hydrogen) atoms. The molecule has 0 spiro atoms. The molecule has 0 aromatic heterocycles. The summed E-state index contributed by atoms with van der Waals surface area (Å²) >= 11 is 0. The molecule has 1 fully saturated rings. The number of rotatable bonds is 2. The summed E-state index contributed by atoms with van der Waals surface area (Å²) in [5.41, 5.74) is 0. The second-order valence-corrected chi connectivity index (χ2v) is 3.89. The first-order valence-electron chi connectivity index (χ1n) is 6.17. The van der Waals surface area contributed by atoms with E-state index in [9.17, 15) is 0 Å². The standard InChI is InChI=1S/C12H14N2O.C2H6/c1-10-7-12(8-14(10)9-13)15-11-5-3-2-4-6-11;1-2/h2-6,10,12H,7-8H2,1H3;1-2H3. The first-order chi connectivity index (χ1) is 8.29. The second-order valence-electron chi connectivity index (χ2n) is 3.89. The molecule has 2 rings (SSSR count). The average molecular weight is 232 g/mol. The van der Waals surface area contributed by atoms with E-state index in [1.807, 2.05) is 44.2 Å². The van der Waals surface area contributed by atoms with Crippen molar-refractivity contribution in [3.05, 3.63) is 30.3 Å². The van der Waals surface area contributed by atoms with E-state index in [1.54, 1.807) is 4.90 Å². The molecule has 1 heterocycles. The summed E-state index contributed by atoms with van der Waals surface area (Å²) in [4.78, 5) is 1.77. The van der Waals surface area contributed by atoms with Gasteiger partial charge < -0.3 is 9.64 Å². The van der Waals surface area contributed by atoms with Crippen LogP contribution < -0.4 is 4.74 Å². The highest BCUT2D eigenvalue weighted by Gasteiger charge is 2.29. The summed E-state index contributed by atoms with van der Waals surface area (Å²) in [6.45, 7) is 6.75. The maximum Gasteiger partial charge on any atom is 0.179 e. The molecule has 92 valence electrons. The lowest BCUT2D eigenvalue weighted by molar-refractivity contribution is 0.213. The van der Waals surface area contributed by atoms with Crippen LogP contribution in [0.2, 0.25) is 0 Å². The molecule has 2 unspecified atom stereocenters. The van der Waals surface area contributed by atoms with E-state index < -0.39 is 0 Å². The second kappa shape index (κ2) is 6.80. The van der Waals surface area contributed by atoms with Crippen molar-refractivity contribution in [3.63, 3.8) is 0 Å². The van der Waals surface area contributed by atoms with E-state index in [2.05, 4.69) is 13.1 Å². The van der Waals surface area contributed by atoms with Crippen molar-refractivity contribution in [2.24, 2.45) is 0 Å². The van der Waals surface area contributed by atoms with Gasteiger partial charge in [0.25, 0.3) is 0 Å². The molecule has 3 heteroatoms. The Kier molecular flexibility index (Phi) is 5.35. The van der Waals surface area contributed by atoms with Gasteiger partial charge in [-0.1, -0.05) is 32.0 Å². The molecular formula is C14H20N2O. The molecule has 1 saturated heterocycles. The van der Waals surface area contributed by atoms with Gasteiger partial charge in [0.2, 0.25) is 0 Å². The Morgan fingerprint density at radius 3 is 2.47 bits per heavy atom. The molecule has 0 radical (unpaired) electrons. The summed E-state index contributed by atoms with van der Waals surface area (Å²) in [6, 6.07) is 10.1. The van der Waals surface area contributed by atoms with Crippen molar-refractivity contribution in [2.45, 2.75) is 39.3 Å². The highest BCUT2D eigenvalue weighted by Crippen LogP contribution is 2.21. The van der Waals surface area contributed by atoms with Gasteiger partial charge in [0.05, 0.1) is 6.54 Å².